The zero-order valence-electron chi connectivity index (χ0n) is 13.2. The van der Waals surface area contributed by atoms with Gasteiger partial charge in [-0.05, 0) is 32.8 Å². The van der Waals surface area contributed by atoms with E-state index in [-0.39, 0.29) is 17.7 Å². The lowest BCUT2D eigenvalue weighted by molar-refractivity contribution is 0.0516. The highest BCUT2D eigenvalue weighted by molar-refractivity contribution is 5.86. The van der Waals surface area contributed by atoms with E-state index in [9.17, 15) is 9.59 Å². The number of nitrogens with zero attached hydrogens (tertiary/aromatic N) is 1. The molecule has 1 aromatic heterocycles. The molecule has 5 heteroatoms. The molecule has 0 aliphatic heterocycles. The summed E-state index contributed by atoms with van der Waals surface area (Å²) in [6, 6.07) is 0. The number of nitrogens with one attached hydrogen (secondary N) is 1. The molecule has 0 atom stereocenters. The van der Waals surface area contributed by atoms with Gasteiger partial charge in [0.25, 0.3) is 0 Å². The van der Waals surface area contributed by atoms with E-state index in [0.717, 1.165) is 11.1 Å². The Morgan fingerprint density at radius 1 is 1.38 bits per heavy atom. The number of aromatic nitrogens is 2. The Morgan fingerprint density at radius 2 is 2.05 bits per heavy atom. The maximum Gasteiger partial charge on any atom is 0.362 e. The Kier molecular flexibility index (Phi) is 6.09. The van der Waals surface area contributed by atoms with Gasteiger partial charge < -0.3 is 4.74 Å². The van der Waals surface area contributed by atoms with Crippen molar-refractivity contribution in [2.75, 3.05) is 6.61 Å². The van der Waals surface area contributed by atoms with Crippen LogP contribution in [0.4, 0.5) is 0 Å². The van der Waals surface area contributed by atoms with Crippen LogP contribution in [0.5, 0.6) is 0 Å². The molecule has 0 aromatic carbocycles. The highest BCUT2D eigenvalue weighted by Crippen LogP contribution is 2.06. The first-order valence-corrected chi connectivity index (χ1v) is 7.18. The van der Waals surface area contributed by atoms with Gasteiger partial charge in [-0.3, -0.25) is 9.89 Å². The van der Waals surface area contributed by atoms with Crippen LogP contribution in [0, 0.1) is 0 Å². The van der Waals surface area contributed by atoms with E-state index in [2.05, 4.69) is 10.2 Å². The maximum atomic E-state index is 12.3. The van der Waals surface area contributed by atoms with Crippen LogP contribution >= 0.6 is 0 Å². The van der Waals surface area contributed by atoms with Crippen molar-refractivity contribution >= 4 is 17.6 Å². The van der Waals surface area contributed by atoms with Crippen molar-refractivity contribution < 1.29 is 9.53 Å². The van der Waals surface area contributed by atoms with Gasteiger partial charge in [0.1, 0.15) is 0 Å². The number of carbonyl (C=O) groups excluding carboxylic acids is 1. The zero-order valence-corrected chi connectivity index (χ0v) is 13.2. The van der Waals surface area contributed by atoms with E-state index in [0.29, 0.717) is 17.0 Å². The summed E-state index contributed by atoms with van der Waals surface area (Å²) in [7, 11) is 0. The number of rotatable bonds is 2. The summed E-state index contributed by atoms with van der Waals surface area (Å²) in [5, 5.41) is 7.78. The molecule has 1 aliphatic carbocycles. The predicted molar refractivity (Wildman–Crippen MR) is 83.3 cm³/mol. The third-order valence-electron chi connectivity index (χ3n) is 2.96. The van der Waals surface area contributed by atoms with E-state index < -0.39 is 5.97 Å². The second-order valence-corrected chi connectivity index (χ2v) is 4.49. The van der Waals surface area contributed by atoms with Gasteiger partial charge in [-0.1, -0.05) is 31.6 Å². The Labute approximate surface area is 124 Å². The summed E-state index contributed by atoms with van der Waals surface area (Å²) in [6.45, 7) is 9.80. The minimum absolute atomic E-state index is 0.191. The number of allylic oxidation sites excluding steroid dienone is 2. The molecule has 114 valence electrons. The van der Waals surface area contributed by atoms with Gasteiger partial charge in [0.2, 0.25) is 11.1 Å². The van der Waals surface area contributed by atoms with Crippen molar-refractivity contribution in [3.05, 3.63) is 38.1 Å². The molecule has 0 radical (unpaired) electrons. The van der Waals surface area contributed by atoms with Crippen LogP contribution in [0.1, 0.15) is 51.5 Å². The van der Waals surface area contributed by atoms with E-state index in [1.165, 1.54) is 0 Å². The second-order valence-electron chi connectivity index (χ2n) is 4.49. The second kappa shape index (κ2) is 7.57. The van der Waals surface area contributed by atoms with Crippen molar-refractivity contribution in [2.24, 2.45) is 0 Å². The summed E-state index contributed by atoms with van der Waals surface area (Å²) in [5.41, 5.74) is 1.51. The summed E-state index contributed by atoms with van der Waals surface area (Å²) >= 11 is 0. The highest BCUT2D eigenvalue weighted by atomic mass is 16.5. The molecular formula is C16H22N2O3. The molecule has 0 amide bonds. The quantitative estimate of drug-likeness (QED) is 0.833. The number of esters is 1. The monoisotopic (exact) mass is 290 g/mol. The maximum absolute atomic E-state index is 12.3. The Bertz CT molecular complexity index is 727. The van der Waals surface area contributed by atoms with Crippen molar-refractivity contribution in [3.63, 3.8) is 0 Å². The molecule has 1 aliphatic rings. The number of carbonyl (C=O) groups is 1. The number of fused-ring (bicyclic) bond motifs is 1. The van der Waals surface area contributed by atoms with Gasteiger partial charge in [-0.2, -0.15) is 5.10 Å². The van der Waals surface area contributed by atoms with Crippen molar-refractivity contribution in [1.82, 2.24) is 10.2 Å². The van der Waals surface area contributed by atoms with Crippen molar-refractivity contribution in [2.45, 2.75) is 41.0 Å². The van der Waals surface area contributed by atoms with Crippen LogP contribution in [0.3, 0.4) is 0 Å². The molecule has 0 unspecified atom stereocenters. The molecule has 0 fully saturated rings. The molecule has 21 heavy (non-hydrogen) atoms. The molecule has 0 bridgehead atoms. The van der Waals surface area contributed by atoms with Crippen molar-refractivity contribution in [3.8, 4) is 0 Å². The topological polar surface area (TPSA) is 72.0 Å². The highest BCUT2D eigenvalue weighted by Gasteiger charge is 2.15. The molecule has 1 aromatic rings. The average Bonchev–Trinajstić information content (AvgIpc) is 2.61. The molecule has 1 heterocycles. The molecule has 2 rings (SSSR count). The Balaban J connectivity index is 0.00000106. The number of ether oxygens (including phenoxy) is 1. The zero-order chi connectivity index (χ0) is 16.0. The smallest absolute Gasteiger partial charge is 0.362 e. The van der Waals surface area contributed by atoms with Crippen LogP contribution in [-0.2, 0) is 4.74 Å². The number of hydrogen-bond acceptors (Lipinski definition) is 4. The third kappa shape index (κ3) is 3.68. The van der Waals surface area contributed by atoms with Crippen LogP contribution < -0.4 is 16.0 Å². The SMILES string of the molecule is CC.CCOC(=O)c1n[nH]c2c(c1=O)=CCC(C)=CC=2C. The number of H-pyrrole nitrogens is 1. The first kappa shape index (κ1) is 16.9. The minimum atomic E-state index is -0.688. The van der Waals surface area contributed by atoms with E-state index in [1.807, 2.05) is 39.8 Å². The number of hydrogen-bond donors (Lipinski definition) is 1. The van der Waals surface area contributed by atoms with Gasteiger partial charge in [0.05, 0.1) is 12.0 Å². The average molecular weight is 290 g/mol. The van der Waals surface area contributed by atoms with Crippen LogP contribution in [0.15, 0.2) is 16.4 Å². The summed E-state index contributed by atoms with van der Waals surface area (Å²) in [6.07, 6.45) is 4.50. The number of aromatic amines is 1. The third-order valence-corrected chi connectivity index (χ3v) is 2.96. The minimum Gasteiger partial charge on any atom is -0.461 e. The Morgan fingerprint density at radius 3 is 2.67 bits per heavy atom. The van der Waals surface area contributed by atoms with Crippen LogP contribution in [0.25, 0.3) is 11.6 Å². The van der Waals surface area contributed by atoms with Crippen LogP contribution in [-0.4, -0.2) is 22.8 Å². The fourth-order valence-electron chi connectivity index (χ4n) is 2.06. The van der Waals surface area contributed by atoms with E-state index in [1.54, 1.807) is 6.92 Å². The first-order chi connectivity index (χ1) is 10.0. The molecule has 0 saturated carbocycles. The summed E-state index contributed by atoms with van der Waals surface area (Å²) in [4.78, 5) is 23.9. The largest absolute Gasteiger partial charge is 0.461 e. The van der Waals surface area contributed by atoms with Gasteiger partial charge in [-0.15, -0.1) is 0 Å². The fourth-order valence-corrected chi connectivity index (χ4v) is 2.06. The van der Waals surface area contributed by atoms with Gasteiger partial charge in [0.15, 0.2) is 0 Å². The van der Waals surface area contributed by atoms with Gasteiger partial charge >= 0.3 is 5.97 Å². The van der Waals surface area contributed by atoms with Crippen LogP contribution in [0.2, 0.25) is 0 Å². The summed E-state index contributed by atoms with van der Waals surface area (Å²) in [5.74, 6) is -0.688. The lowest BCUT2D eigenvalue weighted by Gasteiger charge is -2.00. The standard InChI is InChI=1S/C14H16N2O3.C2H6/c1-4-19-14(18)12-13(17)10-6-5-8(2)7-9(3)11(10)15-16-12;1-2/h6-7,15H,4-5H2,1-3H3;1-2H3. The fraction of sp³-hybridized carbons (Fsp3) is 0.438. The predicted octanol–water partition coefficient (Wildman–Crippen LogP) is 1.27. The first-order valence-electron chi connectivity index (χ1n) is 7.18. The van der Waals surface area contributed by atoms with E-state index >= 15 is 0 Å². The van der Waals surface area contributed by atoms with Gasteiger partial charge in [-0.25, -0.2) is 4.79 Å². The van der Waals surface area contributed by atoms with Gasteiger partial charge in [0, 0.05) is 5.22 Å². The summed E-state index contributed by atoms with van der Waals surface area (Å²) < 4.78 is 4.82. The lowest BCUT2D eigenvalue weighted by atomic mass is 10.2. The van der Waals surface area contributed by atoms with E-state index in [4.69, 9.17) is 4.74 Å². The van der Waals surface area contributed by atoms with Crippen molar-refractivity contribution in [1.29, 1.82) is 0 Å². The normalized spacial score (nSPS) is 13.0. The molecular weight excluding hydrogens is 268 g/mol. The molecule has 1 N–H and O–H groups in total. The Hall–Kier alpha value is -2.17. The molecule has 0 saturated heterocycles. The molecule has 5 nitrogen and oxygen atoms in total. The lowest BCUT2D eigenvalue weighted by Crippen LogP contribution is -2.46. The molecule has 0 spiro atoms.